The van der Waals surface area contributed by atoms with Gasteiger partial charge in [-0.3, -0.25) is 0 Å². The molecule has 0 radical (unpaired) electrons. The summed E-state index contributed by atoms with van der Waals surface area (Å²) in [4.78, 5) is 0.928. The van der Waals surface area contributed by atoms with Gasteiger partial charge in [0.1, 0.15) is 12.4 Å². The maximum Gasteiger partial charge on any atom is 0.205 e. The van der Waals surface area contributed by atoms with E-state index in [1.165, 1.54) is 0 Å². The Morgan fingerprint density at radius 2 is 1.74 bits per heavy atom. The van der Waals surface area contributed by atoms with Crippen molar-refractivity contribution in [3.8, 4) is 5.75 Å². The topological polar surface area (TPSA) is 38.7 Å². The fourth-order valence-corrected chi connectivity index (χ4v) is 7.11. The molecule has 0 amide bonds. The highest BCUT2D eigenvalue weighted by molar-refractivity contribution is 9.09. The van der Waals surface area contributed by atoms with Gasteiger partial charge in [0.2, 0.25) is 8.32 Å². The first-order valence-electron chi connectivity index (χ1n) is 9.38. The van der Waals surface area contributed by atoms with E-state index in [1.807, 2.05) is 42.5 Å². The second kappa shape index (κ2) is 9.87. The van der Waals surface area contributed by atoms with Gasteiger partial charge in [-0.05, 0) is 41.3 Å². The van der Waals surface area contributed by atoms with Crippen LogP contribution in [0.15, 0.2) is 48.5 Å². The van der Waals surface area contributed by atoms with Gasteiger partial charge in [0.15, 0.2) is 0 Å². The fourth-order valence-electron chi connectivity index (χ4n) is 2.64. The third-order valence-electron chi connectivity index (χ3n) is 5.19. The van der Waals surface area contributed by atoms with Crippen molar-refractivity contribution in [3.63, 3.8) is 0 Å². The molecule has 0 fully saturated rings. The number of aliphatic hydroxyl groups is 1. The molecule has 0 saturated heterocycles. The van der Waals surface area contributed by atoms with Crippen LogP contribution in [0.3, 0.4) is 0 Å². The number of hydrogen-bond donors (Lipinski definition) is 1. The van der Waals surface area contributed by atoms with Crippen LogP contribution in [0.4, 0.5) is 0 Å². The summed E-state index contributed by atoms with van der Waals surface area (Å²) in [5.41, 5.74) is 3.09. The third kappa shape index (κ3) is 6.18. The average Bonchev–Trinajstić information content (AvgIpc) is 2.66. The maximum atomic E-state index is 9.73. The predicted molar refractivity (Wildman–Crippen MR) is 118 cm³/mol. The lowest BCUT2D eigenvalue weighted by Gasteiger charge is -2.38. The molecular weight excluding hydrogens is 420 g/mol. The molecule has 1 atom stereocenters. The highest BCUT2D eigenvalue weighted by atomic mass is 79.9. The van der Waals surface area contributed by atoms with E-state index in [0.717, 1.165) is 33.8 Å². The summed E-state index contributed by atoms with van der Waals surface area (Å²) in [7, 11) is -1.82. The molecule has 148 valence electrons. The van der Waals surface area contributed by atoms with Crippen molar-refractivity contribution in [1.29, 1.82) is 0 Å². The van der Waals surface area contributed by atoms with Crippen molar-refractivity contribution in [2.75, 3.05) is 11.6 Å². The predicted octanol–water partition coefficient (Wildman–Crippen LogP) is 5.63. The molecule has 0 heterocycles. The van der Waals surface area contributed by atoms with Gasteiger partial charge < -0.3 is 14.3 Å². The summed E-state index contributed by atoms with van der Waals surface area (Å²) in [5.74, 6) is 0.736. The van der Waals surface area contributed by atoms with Gasteiger partial charge in [0.05, 0.1) is 6.61 Å². The first-order valence-corrected chi connectivity index (χ1v) is 13.1. The zero-order valence-corrected chi connectivity index (χ0v) is 19.4. The number of hydrogen-bond acceptors (Lipinski definition) is 3. The second-order valence-electron chi connectivity index (χ2n) is 8.09. The lowest BCUT2D eigenvalue weighted by molar-refractivity contribution is 0.258. The van der Waals surface area contributed by atoms with Crippen LogP contribution >= 0.6 is 15.9 Å². The van der Waals surface area contributed by atoms with Crippen LogP contribution in [0.25, 0.3) is 0 Å². The van der Waals surface area contributed by atoms with Crippen LogP contribution in [0.5, 0.6) is 5.75 Å². The maximum absolute atomic E-state index is 9.73. The van der Waals surface area contributed by atoms with Crippen LogP contribution in [0.1, 0.15) is 37.5 Å². The number of ether oxygens (including phenoxy) is 1. The molecule has 27 heavy (non-hydrogen) atoms. The Kier molecular flexibility index (Phi) is 8.10. The Morgan fingerprint density at radius 3 is 2.33 bits per heavy atom. The van der Waals surface area contributed by atoms with Crippen LogP contribution in [0, 0.1) is 0 Å². The summed E-state index contributed by atoms with van der Waals surface area (Å²) in [6, 6.07) is 16.1. The molecule has 3 nitrogen and oxygen atoms in total. The van der Waals surface area contributed by atoms with Crippen LogP contribution in [0.2, 0.25) is 11.6 Å². The molecule has 5 heteroatoms. The average molecular weight is 451 g/mol. The number of rotatable bonds is 9. The minimum atomic E-state index is -1.82. The van der Waals surface area contributed by atoms with Crippen molar-refractivity contribution in [1.82, 2.24) is 0 Å². The van der Waals surface area contributed by atoms with Gasteiger partial charge in [-0.15, -0.1) is 0 Å². The lowest BCUT2D eigenvalue weighted by Crippen LogP contribution is -2.46. The normalized spacial score (nSPS) is 14.0. The van der Waals surface area contributed by atoms with Crippen molar-refractivity contribution in [2.24, 2.45) is 0 Å². The molecule has 0 saturated carbocycles. The Hall–Kier alpha value is -1.14. The van der Waals surface area contributed by atoms with Crippen molar-refractivity contribution < 1.29 is 14.3 Å². The van der Waals surface area contributed by atoms with E-state index in [-0.39, 0.29) is 11.6 Å². The van der Waals surface area contributed by atoms with Crippen LogP contribution in [-0.4, -0.2) is 25.0 Å². The summed E-state index contributed by atoms with van der Waals surface area (Å²) in [6.45, 7) is 10.2. The zero-order chi connectivity index (χ0) is 19.9. The first kappa shape index (κ1) is 22.1. The molecule has 2 aromatic carbocycles. The molecular formula is C22H31BrO3Si. The molecule has 0 bridgehead atoms. The Morgan fingerprint density at radius 1 is 1.04 bits per heavy atom. The van der Waals surface area contributed by atoms with Gasteiger partial charge in [-0.1, -0.05) is 73.1 Å². The van der Waals surface area contributed by atoms with Gasteiger partial charge in [0.25, 0.3) is 0 Å². The molecule has 2 aromatic rings. The van der Waals surface area contributed by atoms with Gasteiger partial charge >= 0.3 is 0 Å². The van der Waals surface area contributed by atoms with E-state index < -0.39 is 8.32 Å². The minimum Gasteiger partial charge on any atom is -0.489 e. The van der Waals surface area contributed by atoms with Gasteiger partial charge in [-0.25, -0.2) is 0 Å². The lowest BCUT2D eigenvalue weighted by atomic mass is 10.1. The van der Waals surface area contributed by atoms with Crippen molar-refractivity contribution >= 4 is 24.2 Å². The van der Waals surface area contributed by atoms with E-state index in [9.17, 15) is 5.11 Å². The quantitative estimate of drug-likeness (QED) is 0.397. The number of benzene rings is 2. The molecule has 0 spiro atoms. The van der Waals surface area contributed by atoms with Gasteiger partial charge in [0, 0.05) is 17.1 Å². The molecule has 0 aliphatic heterocycles. The molecule has 0 aliphatic carbocycles. The largest absolute Gasteiger partial charge is 0.489 e. The first-order chi connectivity index (χ1) is 12.8. The van der Waals surface area contributed by atoms with Crippen LogP contribution in [-0.2, 0) is 24.1 Å². The minimum absolute atomic E-state index is 0.0331. The second-order valence-corrected chi connectivity index (χ2v) is 14.3. The number of alkyl halides is 1. The molecule has 2 rings (SSSR count). The molecule has 1 N–H and O–H groups in total. The number of aliphatic hydroxyl groups excluding tert-OH is 1. The summed E-state index contributed by atoms with van der Waals surface area (Å²) in [5, 5.41) is 9.91. The Labute approximate surface area is 173 Å². The number of halogens is 1. The fraction of sp³-hybridized carbons (Fsp3) is 0.455. The van der Waals surface area contributed by atoms with E-state index in [1.54, 1.807) is 0 Å². The van der Waals surface area contributed by atoms with Crippen molar-refractivity contribution in [3.05, 3.63) is 65.2 Å². The van der Waals surface area contributed by atoms with E-state index >= 15 is 0 Å². The summed E-state index contributed by atoms with van der Waals surface area (Å²) < 4.78 is 12.3. The summed E-state index contributed by atoms with van der Waals surface area (Å²) in [6.07, 6.45) is 0.831. The molecule has 1 unspecified atom stereocenters. The van der Waals surface area contributed by atoms with Crippen LogP contribution < -0.4 is 4.74 Å². The smallest absolute Gasteiger partial charge is 0.205 e. The standard InChI is InChI=1S/C22H31BrO3Si/c1-22(2,3)27(4,17-23)26-13-12-18-10-11-21(20(14-18)15-24)25-16-19-8-6-5-7-9-19/h5-11,14,24H,12-13,15-17H2,1-4H3. The Bertz CT molecular complexity index is 715. The van der Waals surface area contributed by atoms with E-state index in [4.69, 9.17) is 9.16 Å². The summed E-state index contributed by atoms with van der Waals surface area (Å²) >= 11 is 3.65. The zero-order valence-electron chi connectivity index (χ0n) is 16.8. The monoisotopic (exact) mass is 450 g/mol. The third-order valence-corrected chi connectivity index (χ3v) is 12.9. The van der Waals surface area contributed by atoms with Gasteiger partial charge in [-0.2, -0.15) is 0 Å². The molecule has 0 aliphatic rings. The van der Waals surface area contributed by atoms with E-state index in [0.29, 0.717) is 13.2 Å². The van der Waals surface area contributed by atoms with Crippen molar-refractivity contribution in [2.45, 2.75) is 52.0 Å². The SMILES string of the molecule is CC(C)(C)[Si](C)(CBr)OCCc1ccc(OCc2ccccc2)c(CO)c1. The Balaban J connectivity index is 1.97. The van der Waals surface area contributed by atoms with E-state index in [2.05, 4.69) is 49.3 Å². The highest BCUT2D eigenvalue weighted by Crippen LogP contribution is 2.38. The highest BCUT2D eigenvalue weighted by Gasteiger charge is 2.40. The molecule has 0 aromatic heterocycles.